The lowest BCUT2D eigenvalue weighted by atomic mass is 10.1. The largest absolute Gasteiger partial charge is 0.292 e. The Morgan fingerprint density at radius 1 is 1.25 bits per heavy atom. The van der Waals surface area contributed by atoms with Gasteiger partial charge >= 0.3 is 0 Å². The Balaban J connectivity index is 2.35. The molecule has 1 heterocycles. The van der Waals surface area contributed by atoms with Crippen LogP contribution in [0.1, 0.15) is 30.8 Å². The fourth-order valence-corrected chi connectivity index (χ4v) is 1.57. The van der Waals surface area contributed by atoms with Gasteiger partial charge in [0, 0.05) is 6.42 Å². The highest BCUT2D eigenvalue weighted by Gasteiger charge is 2.10. The number of ketones is 1. The molecule has 0 N–H and O–H groups in total. The van der Waals surface area contributed by atoms with Crippen molar-refractivity contribution < 1.29 is 4.79 Å². The fraction of sp³-hybridized carbons (Fsp3) is 0.308. The Kier molecular flexibility index (Phi) is 2.95. The smallest absolute Gasteiger partial charge is 0.183 e. The summed E-state index contributed by atoms with van der Waals surface area (Å²) >= 11 is 0. The van der Waals surface area contributed by atoms with E-state index in [2.05, 4.69) is 9.97 Å². The lowest BCUT2D eigenvalue weighted by molar-refractivity contribution is 0.0963. The number of benzene rings is 1. The molecule has 0 amide bonds. The lowest BCUT2D eigenvalue weighted by Gasteiger charge is -2.03. The summed E-state index contributed by atoms with van der Waals surface area (Å²) in [7, 11) is 0. The molecule has 1 aromatic heterocycles. The minimum absolute atomic E-state index is 0.0632. The molecule has 0 spiro atoms. The molecule has 3 nitrogen and oxygen atoms in total. The number of nitrogens with zero attached hydrogens (tertiary/aromatic N) is 2. The molecule has 2 rings (SSSR count). The van der Waals surface area contributed by atoms with Crippen molar-refractivity contribution in [3.05, 3.63) is 36.2 Å². The van der Waals surface area contributed by atoms with Crippen LogP contribution in [-0.2, 0) is 0 Å². The van der Waals surface area contributed by atoms with E-state index in [1.807, 2.05) is 38.1 Å². The molecule has 0 aliphatic rings. The third kappa shape index (κ3) is 2.24. The average Bonchev–Trinajstić information content (AvgIpc) is 2.27. The number of rotatable bonds is 3. The van der Waals surface area contributed by atoms with Crippen LogP contribution in [0.3, 0.4) is 0 Å². The Morgan fingerprint density at radius 2 is 1.94 bits per heavy atom. The number of carbonyl (C=O) groups excluding carboxylic acids is 1. The van der Waals surface area contributed by atoms with E-state index in [0.717, 1.165) is 11.0 Å². The zero-order valence-electron chi connectivity index (χ0n) is 9.47. The van der Waals surface area contributed by atoms with Crippen LogP contribution in [0.15, 0.2) is 30.5 Å². The number of aromatic nitrogens is 2. The van der Waals surface area contributed by atoms with E-state index >= 15 is 0 Å². The molecule has 0 saturated heterocycles. The highest BCUT2D eigenvalue weighted by atomic mass is 16.1. The molecule has 2 aromatic rings. The molecule has 0 fully saturated rings. The quantitative estimate of drug-likeness (QED) is 0.738. The van der Waals surface area contributed by atoms with Crippen molar-refractivity contribution in [2.24, 2.45) is 5.92 Å². The number of fused-ring (bicyclic) bond motifs is 1. The SMILES string of the molecule is CC(C)CC(=O)c1cnc2ccccc2n1. The number of hydrogen-bond donors (Lipinski definition) is 0. The van der Waals surface area contributed by atoms with E-state index < -0.39 is 0 Å². The van der Waals surface area contributed by atoms with Gasteiger partial charge in [0.2, 0.25) is 0 Å². The third-order valence-electron chi connectivity index (χ3n) is 2.33. The van der Waals surface area contributed by atoms with Crippen LogP contribution in [0.4, 0.5) is 0 Å². The molecular weight excluding hydrogens is 200 g/mol. The van der Waals surface area contributed by atoms with Crippen molar-refractivity contribution in [2.75, 3.05) is 0 Å². The Hall–Kier alpha value is -1.77. The second-order valence-corrected chi connectivity index (χ2v) is 4.27. The average molecular weight is 214 g/mol. The summed E-state index contributed by atoms with van der Waals surface area (Å²) in [6.45, 7) is 4.04. The first-order valence-corrected chi connectivity index (χ1v) is 5.42. The first-order valence-electron chi connectivity index (χ1n) is 5.42. The summed E-state index contributed by atoms with van der Waals surface area (Å²) in [5, 5.41) is 0. The van der Waals surface area contributed by atoms with Gasteiger partial charge in [0.15, 0.2) is 5.78 Å². The van der Waals surface area contributed by atoms with Crippen molar-refractivity contribution in [1.29, 1.82) is 0 Å². The summed E-state index contributed by atoms with van der Waals surface area (Å²) in [6.07, 6.45) is 2.08. The highest BCUT2D eigenvalue weighted by Crippen LogP contribution is 2.11. The Morgan fingerprint density at radius 3 is 2.62 bits per heavy atom. The molecule has 0 atom stereocenters. The van der Waals surface area contributed by atoms with Crippen LogP contribution in [0.5, 0.6) is 0 Å². The van der Waals surface area contributed by atoms with Crippen molar-refractivity contribution in [3.8, 4) is 0 Å². The number of Topliss-reactive ketones (excluding diaryl/α,β-unsaturated/α-hetero) is 1. The molecule has 0 aliphatic carbocycles. The van der Waals surface area contributed by atoms with Crippen LogP contribution in [0.2, 0.25) is 0 Å². The van der Waals surface area contributed by atoms with Gasteiger partial charge in [-0.05, 0) is 18.1 Å². The highest BCUT2D eigenvalue weighted by molar-refractivity contribution is 5.95. The zero-order valence-corrected chi connectivity index (χ0v) is 9.47. The molecule has 1 aromatic carbocycles. The normalized spacial score (nSPS) is 10.9. The van der Waals surface area contributed by atoms with Crippen molar-refractivity contribution in [3.63, 3.8) is 0 Å². The van der Waals surface area contributed by atoms with Crippen LogP contribution in [0, 0.1) is 5.92 Å². The Labute approximate surface area is 94.5 Å². The standard InChI is InChI=1S/C13H14N2O/c1-9(2)7-13(16)12-8-14-10-5-3-4-6-11(10)15-12/h3-6,8-9H,7H2,1-2H3. The van der Waals surface area contributed by atoms with E-state index in [9.17, 15) is 4.79 Å². The summed E-state index contributed by atoms with van der Waals surface area (Å²) in [5.41, 5.74) is 2.06. The second-order valence-electron chi connectivity index (χ2n) is 4.27. The van der Waals surface area contributed by atoms with Gasteiger partial charge in [-0.15, -0.1) is 0 Å². The van der Waals surface area contributed by atoms with Crippen molar-refractivity contribution in [2.45, 2.75) is 20.3 Å². The fourth-order valence-electron chi connectivity index (χ4n) is 1.57. The molecule has 0 unspecified atom stereocenters. The van der Waals surface area contributed by atoms with E-state index in [0.29, 0.717) is 18.0 Å². The summed E-state index contributed by atoms with van der Waals surface area (Å²) in [6, 6.07) is 7.56. The van der Waals surface area contributed by atoms with Gasteiger partial charge in [-0.1, -0.05) is 26.0 Å². The summed E-state index contributed by atoms with van der Waals surface area (Å²) in [5.74, 6) is 0.411. The van der Waals surface area contributed by atoms with E-state index in [-0.39, 0.29) is 5.78 Å². The predicted molar refractivity (Wildman–Crippen MR) is 63.3 cm³/mol. The van der Waals surface area contributed by atoms with Gasteiger partial charge in [-0.3, -0.25) is 9.78 Å². The maximum Gasteiger partial charge on any atom is 0.183 e. The summed E-state index contributed by atoms with van der Waals surface area (Å²) < 4.78 is 0. The molecule has 0 aliphatic heterocycles. The maximum absolute atomic E-state index is 11.8. The Bertz CT molecular complexity index is 520. The monoisotopic (exact) mass is 214 g/mol. The molecule has 0 radical (unpaired) electrons. The first-order chi connectivity index (χ1) is 7.66. The lowest BCUT2D eigenvalue weighted by Crippen LogP contribution is -2.06. The number of para-hydroxylation sites is 2. The van der Waals surface area contributed by atoms with Gasteiger partial charge in [0.1, 0.15) is 5.69 Å². The molecule has 3 heteroatoms. The predicted octanol–water partition coefficient (Wildman–Crippen LogP) is 2.86. The van der Waals surface area contributed by atoms with Crippen LogP contribution >= 0.6 is 0 Å². The van der Waals surface area contributed by atoms with E-state index in [1.165, 1.54) is 0 Å². The number of hydrogen-bond acceptors (Lipinski definition) is 3. The topological polar surface area (TPSA) is 42.9 Å². The van der Waals surface area contributed by atoms with Gasteiger partial charge < -0.3 is 0 Å². The second kappa shape index (κ2) is 4.39. The van der Waals surface area contributed by atoms with E-state index in [1.54, 1.807) is 6.20 Å². The van der Waals surface area contributed by atoms with Gasteiger partial charge in [0.25, 0.3) is 0 Å². The van der Waals surface area contributed by atoms with Gasteiger partial charge in [-0.25, -0.2) is 4.98 Å². The molecule has 16 heavy (non-hydrogen) atoms. The molecule has 0 bridgehead atoms. The van der Waals surface area contributed by atoms with Crippen molar-refractivity contribution in [1.82, 2.24) is 9.97 Å². The molecule has 82 valence electrons. The minimum atomic E-state index is 0.0632. The van der Waals surface area contributed by atoms with Crippen LogP contribution in [0.25, 0.3) is 11.0 Å². The van der Waals surface area contributed by atoms with Crippen molar-refractivity contribution >= 4 is 16.8 Å². The van der Waals surface area contributed by atoms with Gasteiger partial charge in [0.05, 0.1) is 17.2 Å². The maximum atomic E-state index is 11.8. The number of carbonyl (C=O) groups is 1. The minimum Gasteiger partial charge on any atom is -0.292 e. The third-order valence-corrected chi connectivity index (χ3v) is 2.33. The van der Waals surface area contributed by atoms with Gasteiger partial charge in [-0.2, -0.15) is 0 Å². The van der Waals surface area contributed by atoms with Crippen LogP contribution < -0.4 is 0 Å². The van der Waals surface area contributed by atoms with E-state index in [4.69, 9.17) is 0 Å². The first kappa shape index (κ1) is 10.7. The molecule has 0 saturated carbocycles. The molecular formula is C13H14N2O. The van der Waals surface area contributed by atoms with Crippen LogP contribution in [-0.4, -0.2) is 15.8 Å². The zero-order chi connectivity index (χ0) is 11.5. The summed E-state index contributed by atoms with van der Waals surface area (Å²) in [4.78, 5) is 20.3.